The molecular weight excluding hydrogens is 339 g/mol. The lowest BCUT2D eigenvalue weighted by molar-refractivity contribution is -0.384. The lowest BCUT2D eigenvalue weighted by atomic mass is 9.97. The van der Waals surface area contributed by atoms with E-state index in [9.17, 15) is 28.1 Å². The Morgan fingerprint density at radius 2 is 1.92 bits per heavy atom. The number of halogens is 3. The number of nitrogens with zero attached hydrogens (tertiary/aromatic N) is 2. The molecule has 1 fully saturated rings. The summed E-state index contributed by atoms with van der Waals surface area (Å²) in [5, 5.41) is 11.6. The average Bonchev–Trinajstić information content (AvgIpc) is 2.75. The van der Waals surface area contributed by atoms with Crippen molar-refractivity contribution in [3.05, 3.63) is 39.9 Å². The second kappa shape index (κ2) is 6.99. The molecule has 1 saturated heterocycles. The summed E-state index contributed by atoms with van der Waals surface area (Å²) in [6, 6.07) is 3.98. The summed E-state index contributed by atoms with van der Waals surface area (Å²) in [5.74, 6) is -0.422. The summed E-state index contributed by atoms with van der Waals surface area (Å²) in [7, 11) is 0. The second-order valence-electron chi connectivity index (χ2n) is 6.77. The number of amides is 1. The van der Waals surface area contributed by atoms with Crippen molar-refractivity contribution >= 4 is 11.6 Å². The van der Waals surface area contributed by atoms with E-state index in [1.807, 2.05) is 0 Å². The van der Waals surface area contributed by atoms with Crippen LogP contribution in [0, 0.1) is 10.1 Å². The summed E-state index contributed by atoms with van der Waals surface area (Å²) < 4.78 is 40.3. The van der Waals surface area contributed by atoms with E-state index in [0.717, 1.165) is 10.6 Å². The highest BCUT2D eigenvalue weighted by atomic mass is 19.4. The molecule has 1 aromatic rings. The van der Waals surface area contributed by atoms with E-state index in [1.165, 1.54) is 12.1 Å². The number of non-ortho nitro benzene ring substituents is 1. The van der Waals surface area contributed by atoms with Crippen molar-refractivity contribution in [3.8, 4) is 0 Å². The lowest BCUT2D eigenvalue weighted by Gasteiger charge is -2.37. The molecule has 1 heterocycles. The van der Waals surface area contributed by atoms with E-state index in [2.05, 4.69) is 5.43 Å². The Morgan fingerprint density at radius 1 is 1.32 bits per heavy atom. The van der Waals surface area contributed by atoms with Gasteiger partial charge in [-0.25, -0.2) is 5.01 Å². The molecule has 0 aliphatic carbocycles. The quantitative estimate of drug-likeness (QED) is 0.624. The fourth-order valence-electron chi connectivity index (χ4n) is 3.03. The zero-order valence-corrected chi connectivity index (χ0v) is 14.0. The van der Waals surface area contributed by atoms with Crippen LogP contribution in [0.5, 0.6) is 0 Å². The molecule has 1 aliphatic heterocycles. The predicted molar refractivity (Wildman–Crippen MR) is 84.6 cm³/mol. The molecule has 1 unspecified atom stereocenters. The van der Waals surface area contributed by atoms with Gasteiger partial charge in [-0.2, -0.15) is 13.2 Å². The zero-order chi connectivity index (χ0) is 18.8. The smallest absolute Gasteiger partial charge is 0.288 e. The summed E-state index contributed by atoms with van der Waals surface area (Å²) in [6.45, 7) is 3.19. The zero-order valence-electron chi connectivity index (χ0n) is 14.0. The number of benzene rings is 1. The van der Waals surface area contributed by atoms with E-state index in [0.29, 0.717) is 6.42 Å². The van der Waals surface area contributed by atoms with E-state index < -0.39 is 28.6 Å². The van der Waals surface area contributed by atoms with Crippen LogP contribution in [0.15, 0.2) is 24.3 Å². The molecule has 2 rings (SSSR count). The minimum atomic E-state index is -4.47. The van der Waals surface area contributed by atoms with Crippen LogP contribution in [0.1, 0.15) is 38.7 Å². The molecule has 25 heavy (non-hydrogen) atoms. The third kappa shape index (κ3) is 4.68. The van der Waals surface area contributed by atoms with Gasteiger partial charge in [0.05, 0.1) is 4.92 Å². The maximum atomic E-state index is 13.4. The van der Waals surface area contributed by atoms with Crippen LogP contribution in [0.3, 0.4) is 0 Å². The number of nitro benzene ring substituents is 1. The van der Waals surface area contributed by atoms with Gasteiger partial charge in [-0.05, 0) is 38.7 Å². The first-order valence-corrected chi connectivity index (χ1v) is 7.89. The molecule has 1 atom stereocenters. The summed E-state index contributed by atoms with van der Waals surface area (Å²) in [6.07, 6.45) is -4.02. The molecule has 1 aliphatic rings. The Kier molecular flexibility index (Phi) is 5.36. The standard InChI is InChI=1S/C16H20F3N3O3/c1-15(2)10-14(23)20-21(15)13(16(17,18)19)5-3-4-11-6-8-12(9-7-11)22(24)25/h6-9,13H,3-5,10H2,1-2H3,(H,20,23). The highest BCUT2D eigenvalue weighted by molar-refractivity contribution is 5.78. The number of alkyl halides is 3. The summed E-state index contributed by atoms with van der Waals surface area (Å²) >= 11 is 0. The van der Waals surface area contributed by atoms with E-state index in [-0.39, 0.29) is 24.9 Å². The number of nitro groups is 1. The van der Waals surface area contributed by atoms with Crippen molar-refractivity contribution in [2.24, 2.45) is 0 Å². The van der Waals surface area contributed by atoms with Crippen LogP contribution in [-0.2, 0) is 11.2 Å². The molecule has 0 bridgehead atoms. The molecular formula is C16H20F3N3O3. The van der Waals surface area contributed by atoms with Crippen LogP contribution in [0.4, 0.5) is 18.9 Å². The predicted octanol–water partition coefficient (Wildman–Crippen LogP) is 3.36. The molecule has 1 N–H and O–H groups in total. The monoisotopic (exact) mass is 359 g/mol. The van der Waals surface area contributed by atoms with E-state index >= 15 is 0 Å². The molecule has 1 aromatic carbocycles. The Labute approximate surface area is 143 Å². The molecule has 0 saturated carbocycles. The first-order valence-electron chi connectivity index (χ1n) is 7.89. The number of rotatable bonds is 6. The molecule has 0 aromatic heterocycles. The number of hydrazine groups is 1. The van der Waals surface area contributed by atoms with Crippen LogP contribution in [0.25, 0.3) is 0 Å². The topological polar surface area (TPSA) is 75.5 Å². The van der Waals surface area contributed by atoms with Gasteiger partial charge >= 0.3 is 6.18 Å². The van der Waals surface area contributed by atoms with Crippen LogP contribution in [0.2, 0.25) is 0 Å². The molecule has 0 radical (unpaired) electrons. The fraction of sp³-hybridized carbons (Fsp3) is 0.562. The highest BCUT2D eigenvalue weighted by Crippen LogP contribution is 2.35. The van der Waals surface area contributed by atoms with Crippen LogP contribution >= 0.6 is 0 Å². The van der Waals surface area contributed by atoms with Gasteiger partial charge in [-0.15, -0.1) is 0 Å². The van der Waals surface area contributed by atoms with Crippen LogP contribution in [-0.4, -0.2) is 33.6 Å². The van der Waals surface area contributed by atoms with Crippen molar-refractivity contribution in [3.63, 3.8) is 0 Å². The molecule has 0 spiro atoms. The number of carbonyl (C=O) groups excluding carboxylic acids is 1. The average molecular weight is 359 g/mol. The minimum absolute atomic E-state index is 0.0158. The van der Waals surface area contributed by atoms with E-state index in [1.54, 1.807) is 26.0 Å². The van der Waals surface area contributed by atoms with E-state index in [4.69, 9.17) is 0 Å². The largest absolute Gasteiger partial charge is 0.405 e. The van der Waals surface area contributed by atoms with Gasteiger partial charge in [0.15, 0.2) is 0 Å². The van der Waals surface area contributed by atoms with Gasteiger partial charge in [0.2, 0.25) is 5.91 Å². The summed E-state index contributed by atoms with van der Waals surface area (Å²) in [4.78, 5) is 21.6. The Hall–Kier alpha value is -2.16. The molecule has 1 amide bonds. The maximum absolute atomic E-state index is 13.4. The minimum Gasteiger partial charge on any atom is -0.288 e. The molecule has 138 valence electrons. The van der Waals surface area contributed by atoms with Crippen molar-refractivity contribution in [2.75, 3.05) is 0 Å². The van der Waals surface area contributed by atoms with Gasteiger partial charge in [0.1, 0.15) is 6.04 Å². The third-order valence-electron chi connectivity index (χ3n) is 4.27. The first-order chi connectivity index (χ1) is 11.5. The summed E-state index contributed by atoms with van der Waals surface area (Å²) in [5.41, 5.74) is 2.08. The Bertz CT molecular complexity index is 644. The van der Waals surface area contributed by atoms with Crippen LogP contribution < -0.4 is 5.43 Å². The molecule has 6 nitrogen and oxygen atoms in total. The third-order valence-corrected chi connectivity index (χ3v) is 4.27. The number of hydrogen-bond acceptors (Lipinski definition) is 4. The number of hydrogen-bond donors (Lipinski definition) is 1. The second-order valence-corrected chi connectivity index (χ2v) is 6.77. The normalized spacial score (nSPS) is 18.8. The number of nitrogens with one attached hydrogen (secondary N) is 1. The molecule has 9 heteroatoms. The van der Waals surface area contributed by atoms with Gasteiger partial charge in [-0.3, -0.25) is 20.3 Å². The highest BCUT2D eigenvalue weighted by Gasteiger charge is 2.51. The van der Waals surface area contributed by atoms with Crippen molar-refractivity contribution in [1.29, 1.82) is 0 Å². The van der Waals surface area contributed by atoms with Gasteiger partial charge in [0, 0.05) is 24.1 Å². The Morgan fingerprint density at radius 3 is 2.36 bits per heavy atom. The lowest BCUT2D eigenvalue weighted by Crippen LogP contribution is -2.56. The van der Waals surface area contributed by atoms with Gasteiger partial charge in [-0.1, -0.05) is 12.1 Å². The van der Waals surface area contributed by atoms with Gasteiger partial charge in [0.25, 0.3) is 5.69 Å². The number of carbonyl (C=O) groups is 1. The SMILES string of the molecule is CC1(C)CC(=O)NN1C(CCCc1ccc([N+](=O)[O-])cc1)C(F)(F)F. The number of aryl methyl sites for hydroxylation is 1. The fourth-order valence-corrected chi connectivity index (χ4v) is 3.03. The first kappa shape index (κ1) is 19.2. The maximum Gasteiger partial charge on any atom is 0.405 e. The van der Waals surface area contributed by atoms with Gasteiger partial charge < -0.3 is 0 Å². The van der Waals surface area contributed by atoms with Crippen molar-refractivity contribution in [2.45, 2.75) is 57.3 Å². The van der Waals surface area contributed by atoms with Crippen molar-refractivity contribution in [1.82, 2.24) is 10.4 Å². The Balaban J connectivity index is 2.01. The van der Waals surface area contributed by atoms with Crippen molar-refractivity contribution < 1.29 is 22.9 Å².